The highest BCUT2D eigenvalue weighted by molar-refractivity contribution is 7.66. The highest BCUT2D eigenvalue weighted by atomic mass is 31.3. The number of ether oxygens (including phenoxy) is 1. The Morgan fingerprint density at radius 3 is 2.34 bits per heavy atom. The SMILES string of the molecule is C#C[C@H](O)C(CF)(COP(=O)(O)OP(=O)(O)OP(=O)(O)O)O[C@H](C)n1ccc(N)nc1=O. The number of nitrogen functional groups attached to an aromatic ring is 1. The molecule has 0 saturated carbocycles. The van der Waals surface area contributed by atoms with E-state index >= 15 is 0 Å². The second kappa shape index (κ2) is 10.6. The molecule has 3 unspecified atom stereocenters. The van der Waals surface area contributed by atoms with E-state index in [-0.39, 0.29) is 5.82 Å². The van der Waals surface area contributed by atoms with E-state index in [2.05, 4.69) is 18.1 Å². The summed E-state index contributed by atoms with van der Waals surface area (Å²) in [4.78, 5) is 51.0. The number of phosphoric ester groups is 1. The number of aromatic nitrogens is 2. The molecule has 20 heteroatoms. The number of rotatable bonds is 12. The Hall–Kier alpha value is -1.50. The molecule has 0 aliphatic heterocycles. The standard InChI is InChI=1S/C12H19FN3O13P3/c1-3-9(17)12(6-13,27-8(2)16-5-4-10(14)15-11(16)18)7-26-31(22,23)29-32(24,25)28-30(19,20)21/h1,4-5,8-9,17H,6-7H2,2H3,(H,22,23)(H,24,25)(H2,14,15,18)(H2,19,20,21)/t8-,9+,12?/m1/s1. The Bertz CT molecular complexity index is 1050. The van der Waals surface area contributed by atoms with Crippen LogP contribution in [-0.2, 0) is 31.6 Å². The number of anilines is 1. The lowest BCUT2D eigenvalue weighted by Crippen LogP contribution is -2.52. The summed E-state index contributed by atoms with van der Waals surface area (Å²) in [6.07, 6.45) is 2.57. The monoisotopic (exact) mass is 525 g/mol. The fourth-order valence-electron chi connectivity index (χ4n) is 2.07. The van der Waals surface area contributed by atoms with Crippen LogP contribution in [0.2, 0.25) is 0 Å². The fraction of sp³-hybridized carbons (Fsp3) is 0.500. The second-order valence-electron chi connectivity index (χ2n) is 5.89. The zero-order valence-electron chi connectivity index (χ0n) is 16.0. The molecule has 16 nitrogen and oxygen atoms in total. The second-order valence-corrected chi connectivity index (χ2v) is 10.3. The van der Waals surface area contributed by atoms with Crippen LogP contribution in [0.4, 0.5) is 10.2 Å². The van der Waals surface area contributed by atoms with E-state index in [1.165, 1.54) is 13.0 Å². The van der Waals surface area contributed by atoms with Gasteiger partial charge < -0.3 is 35.2 Å². The van der Waals surface area contributed by atoms with Crippen LogP contribution >= 0.6 is 23.5 Å². The van der Waals surface area contributed by atoms with Gasteiger partial charge in [-0.05, 0) is 13.0 Å². The predicted molar refractivity (Wildman–Crippen MR) is 102 cm³/mol. The lowest BCUT2D eigenvalue weighted by Gasteiger charge is -2.35. The minimum atomic E-state index is -5.85. The first-order valence-corrected chi connectivity index (χ1v) is 12.5. The van der Waals surface area contributed by atoms with E-state index in [1.807, 2.05) is 0 Å². The molecule has 0 amide bonds. The lowest BCUT2D eigenvalue weighted by molar-refractivity contribution is -0.184. The largest absolute Gasteiger partial charge is 0.490 e. The molecule has 5 atom stereocenters. The van der Waals surface area contributed by atoms with E-state index in [1.54, 1.807) is 5.92 Å². The normalized spacial score (nSPS) is 19.7. The number of nitrogens with two attached hydrogens (primary N) is 1. The molecule has 1 aromatic rings. The summed E-state index contributed by atoms with van der Waals surface area (Å²) in [7, 11) is -17.2. The number of aliphatic hydroxyl groups is 1. The molecule has 0 fully saturated rings. The Kier molecular flexibility index (Phi) is 9.47. The molecule has 0 aliphatic carbocycles. The van der Waals surface area contributed by atoms with Gasteiger partial charge in [0, 0.05) is 6.20 Å². The van der Waals surface area contributed by atoms with Gasteiger partial charge in [-0.2, -0.15) is 13.6 Å². The Balaban J connectivity index is 3.13. The molecule has 1 rings (SSSR count). The third-order valence-electron chi connectivity index (χ3n) is 3.42. The number of terminal acetylenes is 1. The average Bonchev–Trinajstić information content (AvgIpc) is 2.61. The molecule has 32 heavy (non-hydrogen) atoms. The zero-order valence-corrected chi connectivity index (χ0v) is 18.7. The van der Waals surface area contributed by atoms with Gasteiger partial charge in [-0.3, -0.25) is 9.09 Å². The Morgan fingerprint density at radius 1 is 1.28 bits per heavy atom. The summed E-state index contributed by atoms with van der Waals surface area (Å²) in [6, 6.07) is 1.18. The molecule has 0 spiro atoms. The van der Waals surface area contributed by atoms with Crippen LogP contribution in [0.5, 0.6) is 0 Å². The Labute approximate surface area is 179 Å². The lowest BCUT2D eigenvalue weighted by atomic mass is 9.99. The summed E-state index contributed by atoms with van der Waals surface area (Å²) >= 11 is 0. The Morgan fingerprint density at radius 2 is 1.88 bits per heavy atom. The summed E-state index contributed by atoms with van der Waals surface area (Å²) in [6.45, 7) is -1.92. The average molecular weight is 525 g/mol. The summed E-state index contributed by atoms with van der Waals surface area (Å²) < 4.78 is 65.2. The number of nitrogens with zero attached hydrogens (tertiary/aromatic N) is 2. The van der Waals surface area contributed by atoms with Crippen molar-refractivity contribution >= 4 is 29.3 Å². The number of phosphoric acid groups is 3. The van der Waals surface area contributed by atoms with Gasteiger partial charge in [-0.25, -0.2) is 22.9 Å². The van der Waals surface area contributed by atoms with Crippen molar-refractivity contribution in [2.24, 2.45) is 0 Å². The molecule has 0 saturated heterocycles. The number of alkyl halides is 1. The topological polar surface area (TPSA) is 250 Å². The van der Waals surface area contributed by atoms with E-state index < -0.39 is 60.4 Å². The van der Waals surface area contributed by atoms with Crippen molar-refractivity contribution in [3.63, 3.8) is 0 Å². The molecular weight excluding hydrogens is 506 g/mol. The van der Waals surface area contributed by atoms with Gasteiger partial charge in [0.15, 0.2) is 5.60 Å². The van der Waals surface area contributed by atoms with Crippen molar-refractivity contribution in [2.75, 3.05) is 19.0 Å². The molecule has 0 bridgehead atoms. The third kappa shape index (κ3) is 8.45. The maximum absolute atomic E-state index is 13.9. The first-order chi connectivity index (χ1) is 14.5. The first-order valence-electron chi connectivity index (χ1n) is 7.97. The third-order valence-corrected chi connectivity index (χ3v) is 7.20. The molecular formula is C12H19FN3O13P3. The smallest absolute Gasteiger partial charge is 0.383 e. The van der Waals surface area contributed by atoms with Crippen LogP contribution in [0, 0.1) is 12.3 Å². The van der Waals surface area contributed by atoms with Gasteiger partial charge >= 0.3 is 29.2 Å². The first kappa shape index (κ1) is 28.5. The van der Waals surface area contributed by atoms with E-state index in [0.29, 0.717) is 0 Å². The van der Waals surface area contributed by atoms with Crippen molar-refractivity contribution in [2.45, 2.75) is 24.9 Å². The summed E-state index contributed by atoms with van der Waals surface area (Å²) in [5.41, 5.74) is 1.76. The van der Waals surface area contributed by atoms with Crippen molar-refractivity contribution in [1.82, 2.24) is 9.55 Å². The summed E-state index contributed by atoms with van der Waals surface area (Å²) in [5, 5.41) is 10.0. The highest BCUT2D eigenvalue weighted by Gasteiger charge is 2.46. The molecule has 182 valence electrons. The minimum absolute atomic E-state index is 0.147. The highest BCUT2D eigenvalue weighted by Crippen LogP contribution is 2.66. The number of halogens is 1. The molecule has 0 radical (unpaired) electrons. The minimum Gasteiger partial charge on any atom is -0.383 e. The van der Waals surface area contributed by atoms with Crippen LogP contribution in [-0.4, -0.2) is 59.2 Å². The quantitative estimate of drug-likeness (QED) is 0.147. The molecule has 0 aliphatic rings. The van der Waals surface area contributed by atoms with Gasteiger partial charge in [0.05, 0.1) is 6.61 Å². The van der Waals surface area contributed by atoms with E-state index in [9.17, 15) is 32.9 Å². The van der Waals surface area contributed by atoms with Gasteiger partial charge in [0.1, 0.15) is 24.8 Å². The van der Waals surface area contributed by atoms with Crippen LogP contribution in [0.3, 0.4) is 0 Å². The van der Waals surface area contributed by atoms with Gasteiger partial charge in [0.2, 0.25) is 0 Å². The van der Waals surface area contributed by atoms with Crippen molar-refractivity contribution < 1.29 is 60.6 Å². The van der Waals surface area contributed by atoms with Crippen LogP contribution in [0.15, 0.2) is 17.1 Å². The van der Waals surface area contributed by atoms with Crippen LogP contribution in [0.1, 0.15) is 13.2 Å². The van der Waals surface area contributed by atoms with Crippen molar-refractivity contribution in [1.29, 1.82) is 0 Å². The fourth-order valence-corrected chi connectivity index (χ4v) is 5.14. The maximum atomic E-state index is 13.9. The maximum Gasteiger partial charge on any atom is 0.490 e. The van der Waals surface area contributed by atoms with Crippen LogP contribution < -0.4 is 11.4 Å². The van der Waals surface area contributed by atoms with E-state index in [4.69, 9.17) is 31.6 Å². The van der Waals surface area contributed by atoms with Crippen molar-refractivity contribution in [3.05, 3.63) is 22.7 Å². The predicted octanol–water partition coefficient (Wildman–Crippen LogP) is -0.594. The number of hydrogen-bond donors (Lipinski definition) is 6. The van der Waals surface area contributed by atoms with Crippen molar-refractivity contribution in [3.8, 4) is 12.3 Å². The molecule has 1 heterocycles. The van der Waals surface area contributed by atoms with Gasteiger partial charge in [0.25, 0.3) is 0 Å². The summed E-state index contributed by atoms with van der Waals surface area (Å²) in [5.74, 6) is 1.55. The van der Waals surface area contributed by atoms with Crippen LogP contribution in [0.25, 0.3) is 0 Å². The van der Waals surface area contributed by atoms with E-state index in [0.717, 1.165) is 10.8 Å². The number of hydrogen-bond acceptors (Lipinski definition) is 11. The molecule has 1 aromatic heterocycles. The molecule has 7 N–H and O–H groups in total. The van der Waals surface area contributed by atoms with Gasteiger partial charge in [-0.1, -0.05) is 5.92 Å². The number of aliphatic hydroxyl groups excluding tert-OH is 1. The van der Waals surface area contributed by atoms with Gasteiger partial charge in [-0.15, -0.1) is 6.42 Å². The molecule has 0 aromatic carbocycles. The zero-order chi connectivity index (χ0) is 25.0.